The number of nitrogens with one attached hydrogen (secondary N) is 1. The summed E-state index contributed by atoms with van der Waals surface area (Å²) in [5, 5.41) is 3.20. The maximum Gasteiger partial charge on any atom is 0.269 e. The summed E-state index contributed by atoms with van der Waals surface area (Å²) in [6.07, 6.45) is 0. The molecule has 0 unspecified atom stereocenters. The number of aryl methyl sites for hydroxylation is 1. The fraction of sp³-hybridized carbons (Fsp3) is 0.188. The summed E-state index contributed by atoms with van der Waals surface area (Å²) >= 11 is 0. The van der Waals surface area contributed by atoms with Gasteiger partial charge in [-0.3, -0.25) is 0 Å². The minimum absolute atomic E-state index is 0.258. The van der Waals surface area contributed by atoms with Gasteiger partial charge in [-0.05, 0) is 44.2 Å². The van der Waals surface area contributed by atoms with Crippen LogP contribution < -0.4 is 5.32 Å². The molecule has 0 atom stereocenters. The predicted octanol–water partition coefficient (Wildman–Crippen LogP) is 3.01. The number of hydrogen-bond donors (Lipinski definition) is 1. The van der Waals surface area contributed by atoms with Gasteiger partial charge in [0.05, 0.1) is 15.9 Å². The number of aromatic nitrogens is 2. The van der Waals surface area contributed by atoms with E-state index in [1.54, 1.807) is 43.3 Å². The van der Waals surface area contributed by atoms with Crippen LogP contribution in [0.5, 0.6) is 0 Å². The van der Waals surface area contributed by atoms with Gasteiger partial charge >= 0.3 is 0 Å². The van der Waals surface area contributed by atoms with Crippen molar-refractivity contribution in [1.29, 1.82) is 0 Å². The Morgan fingerprint density at radius 3 is 2.55 bits per heavy atom. The first-order chi connectivity index (χ1) is 10.5. The molecule has 1 heterocycles. The molecule has 114 valence electrons. The monoisotopic (exact) mass is 315 g/mol. The van der Waals surface area contributed by atoms with Crippen LogP contribution in [-0.4, -0.2) is 23.9 Å². The third kappa shape index (κ3) is 2.35. The molecule has 0 bridgehead atoms. The standard InChI is InChI=1S/C16H17N3O2S/c1-3-17-13-9-10-16-15(11-13)18-12(2)19(16)22(20,21)14-7-5-4-6-8-14/h4-11,17H,3H2,1-2H3. The van der Waals surface area contributed by atoms with Crippen molar-refractivity contribution >= 4 is 26.7 Å². The van der Waals surface area contributed by atoms with Gasteiger partial charge in [-0.25, -0.2) is 17.4 Å². The first-order valence-electron chi connectivity index (χ1n) is 7.07. The highest BCUT2D eigenvalue weighted by Crippen LogP contribution is 2.25. The lowest BCUT2D eigenvalue weighted by atomic mass is 10.3. The Morgan fingerprint density at radius 2 is 1.86 bits per heavy atom. The summed E-state index contributed by atoms with van der Waals surface area (Å²) in [4.78, 5) is 4.65. The van der Waals surface area contributed by atoms with Crippen molar-refractivity contribution in [3.8, 4) is 0 Å². The van der Waals surface area contributed by atoms with Gasteiger partial charge in [-0.15, -0.1) is 0 Å². The fourth-order valence-corrected chi connectivity index (χ4v) is 4.01. The average molecular weight is 315 g/mol. The molecule has 0 amide bonds. The van der Waals surface area contributed by atoms with Gasteiger partial charge in [0, 0.05) is 12.2 Å². The summed E-state index contributed by atoms with van der Waals surface area (Å²) in [5.74, 6) is 0.451. The van der Waals surface area contributed by atoms with Crippen LogP contribution in [0.1, 0.15) is 12.7 Å². The van der Waals surface area contributed by atoms with E-state index in [4.69, 9.17) is 0 Å². The van der Waals surface area contributed by atoms with Crippen LogP contribution in [0.25, 0.3) is 11.0 Å². The van der Waals surface area contributed by atoms with Crippen molar-refractivity contribution in [2.45, 2.75) is 18.7 Å². The van der Waals surface area contributed by atoms with Crippen molar-refractivity contribution in [2.75, 3.05) is 11.9 Å². The zero-order chi connectivity index (χ0) is 15.7. The Labute approximate surface area is 129 Å². The first-order valence-corrected chi connectivity index (χ1v) is 8.51. The average Bonchev–Trinajstić information content (AvgIpc) is 2.84. The minimum atomic E-state index is -3.64. The minimum Gasteiger partial charge on any atom is -0.385 e. The Morgan fingerprint density at radius 1 is 1.14 bits per heavy atom. The van der Waals surface area contributed by atoms with Crippen LogP contribution in [0.15, 0.2) is 53.4 Å². The molecule has 3 aromatic rings. The van der Waals surface area contributed by atoms with E-state index in [1.807, 2.05) is 19.1 Å². The Kier molecular flexibility index (Phi) is 3.62. The highest BCUT2D eigenvalue weighted by molar-refractivity contribution is 7.90. The van der Waals surface area contributed by atoms with Gasteiger partial charge in [0.15, 0.2) is 0 Å². The number of anilines is 1. The normalized spacial score (nSPS) is 11.7. The lowest BCUT2D eigenvalue weighted by Crippen LogP contribution is -2.14. The zero-order valence-corrected chi connectivity index (χ0v) is 13.3. The summed E-state index contributed by atoms with van der Waals surface area (Å²) in [7, 11) is -3.64. The van der Waals surface area contributed by atoms with Crippen LogP contribution in [0.4, 0.5) is 5.69 Å². The predicted molar refractivity (Wildman–Crippen MR) is 87.7 cm³/mol. The molecule has 0 fully saturated rings. The van der Waals surface area contributed by atoms with E-state index < -0.39 is 10.0 Å². The summed E-state index contributed by atoms with van der Waals surface area (Å²) < 4.78 is 27.0. The molecule has 5 nitrogen and oxygen atoms in total. The maximum atomic E-state index is 12.8. The highest BCUT2D eigenvalue weighted by atomic mass is 32.2. The molecular formula is C16H17N3O2S. The van der Waals surface area contributed by atoms with Crippen molar-refractivity contribution in [1.82, 2.24) is 8.96 Å². The van der Waals surface area contributed by atoms with E-state index in [0.29, 0.717) is 16.9 Å². The van der Waals surface area contributed by atoms with Gasteiger partial charge in [-0.2, -0.15) is 0 Å². The molecule has 0 saturated heterocycles. The first kappa shape index (κ1) is 14.6. The second-order valence-corrected chi connectivity index (χ2v) is 6.76. The molecule has 0 aliphatic rings. The smallest absolute Gasteiger partial charge is 0.269 e. The molecule has 0 aliphatic carbocycles. The van der Waals surface area contributed by atoms with Gasteiger partial charge in [0.25, 0.3) is 10.0 Å². The maximum absolute atomic E-state index is 12.8. The molecule has 3 rings (SSSR count). The molecule has 0 saturated carbocycles. The van der Waals surface area contributed by atoms with Crippen molar-refractivity contribution in [3.05, 3.63) is 54.4 Å². The van der Waals surface area contributed by atoms with E-state index in [1.165, 1.54) is 3.97 Å². The van der Waals surface area contributed by atoms with Crippen molar-refractivity contribution in [3.63, 3.8) is 0 Å². The quantitative estimate of drug-likeness (QED) is 0.804. The van der Waals surface area contributed by atoms with E-state index in [0.717, 1.165) is 12.2 Å². The van der Waals surface area contributed by atoms with E-state index >= 15 is 0 Å². The Balaban J connectivity index is 2.21. The van der Waals surface area contributed by atoms with Gasteiger partial charge < -0.3 is 5.32 Å². The number of imidazole rings is 1. The summed E-state index contributed by atoms with van der Waals surface area (Å²) in [6, 6.07) is 13.9. The van der Waals surface area contributed by atoms with Crippen LogP contribution in [0, 0.1) is 6.92 Å². The topological polar surface area (TPSA) is 64.0 Å². The number of hydrogen-bond acceptors (Lipinski definition) is 4. The number of benzene rings is 2. The molecule has 6 heteroatoms. The van der Waals surface area contributed by atoms with Crippen LogP contribution >= 0.6 is 0 Å². The van der Waals surface area contributed by atoms with Gasteiger partial charge in [0.1, 0.15) is 5.82 Å². The molecule has 2 aromatic carbocycles. The van der Waals surface area contributed by atoms with E-state index in [2.05, 4.69) is 10.3 Å². The zero-order valence-electron chi connectivity index (χ0n) is 12.4. The third-order valence-corrected chi connectivity index (χ3v) is 5.24. The molecule has 0 spiro atoms. The number of rotatable bonds is 4. The lowest BCUT2D eigenvalue weighted by molar-refractivity contribution is 0.587. The SMILES string of the molecule is CCNc1ccc2c(c1)nc(C)n2S(=O)(=O)c1ccccc1. The van der Waals surface area contributed by atoms with Crippen LogP contribution in [0.2, 0.25) is 0 Å². The van der Waals surface area contributed by atoms with Crippen molar-refractivity contribution in [2.24, 2.45) is 0 Å². The molecule has 22 heavy (non-hydrogen) atoms. The third-order valence-electron chi connectivity index (χ3n) is 3.43. The van der Waals surface area contributed by atoms with E-state index in [-0.39, 0.29) is 4.90 Å². The van der Waals surface area contributed by atoms with Gasteiger partial charge in [-0.1, -0.05) is 18.2 Å². The second kappa shape index (κ2) is 5.46. The summed E-state index contributed by atoms with van der Waals surface area (Å²) in [6.45, 7) is 4.51. The van der Waals surface area contributed by atoms with Crippen LogP contribution in [0.3, 0.4) is 0 Å². The molecule has 1 N–H and O–H groups in total. The van der Waals surface area contributed by atoms with Crippen molar-refractivity contribution < 1.29 is 8.42 Å². The highest BCUT2D eigenvalue weighted by Gasteiger charge is 2.22. The molecule has 0 aliphatic heterocycles. The lowest BCUT2D eigenvalue weighted by Gasteiger charge is -2.09. The molecular weight excluding hydrogens is 298 g/mol. The largest absolute Gasteiger partial charge is 0.385 e. The molecule has 1 aromatic heterocycles. The van der Waals surface area contributed by atoms with Crippen LogP contribution in [-0.2, 0) is 10.0 Å². The summed E-state index contributed by atoms with van der Waals surface area (Å²) in [5.41, 5.74) is 2.18. The van der Waals surface area contributed by atoms with E-state index in [9.17, 15) is 8.42 Å². The Hall–Kier alpha value is -2.34. The Bertz CT molecular complexity index is 915. The molecule has 0 radical (unpaired) electrons. The number of nitrogens with zero attached hydrogens (tertiary/aromatic N) is 2. The number of fused-ring (bicyclic) bond motifs is 1. The van der Waals surface area contributed by atoms with Gasteiger partial charge in [0.2, 0.25) is 0 Å². The fourth-order valence-electron chi connectivity index (χ4n) is 2.49. The second-order valence-electron chi connectivity index (χ2n) is 4.98.